The number of pyridine rings is 1. The fourth-order valence-corrected chi connectivity index (χ4v) is 3.01. The van der Waals surface area contributed by atoms with Gasteiger partial charge >= 0.3 is 0 Å². The molecule has 1 aromatic heterocycles. The van der Waals surface area contributed by atoms with Crippen molar-refractivity contribution in [3.8, 4) is 5.75 Å². The molecule has 0 fully saturated rings. The zero-order valence-electron chi connectivity index (χ0n) is 15.7. The van der Waals surface area contributed by atoms with Crippen LogP contribution in [0.2, 0.25) is 5.02 Å². The first-order valence-corrected chi connectivity index (χ1v) is 9.45. The summed E-state index contributed by atoms with van der Waals surface area (Å²) in [6, 6.07) is 14.8. The van der Waals surface area contributed by atoms with E-state index in [0.717, 1.165) is 0 Å². The molecule has 0 saturated carbocycles. The molecule has 4 nitrogen and oxygen atoms in total. The van der Waals surface area contributed by atoms with Gasteiger partial charge in [0.25, 0.3) is 5.91 Å². The molecular formula is C22H19ClF2N2O2. The summed E-state index contributed by atoms with van der Waals surface area (Å²) in [5.74, 6) is -0.621. The Labute approximate surface area is 172 Å². The predicted molar refractivity (Wildman–Crippen MR) is 108 cm³/mol. The number of rotatable bonds is 7. The molecule has 3 rings (SSSR count). The van der Waals surface area contributed by atoms with Crippen LogP contribution in [0.4, 0.5) is 14.6 Å². The van der Waals surface area contributed by atoms with Gasteiger partial charge in [-0.15, -0.1) is 0 Å². The van der Waals surface area contributed by atoms with Crippen LogP contribution >= 0.6 is 11.6 Å². The van der Waals surface area contributed by atoms with Gasteiger partial charge in [-0.3, -0.25) is 9.69 Å². The molecule has 0 saturated heterocycles. The van der Waals surface area contributed by atoms with E-state index in [1.165, 1.54) is 41.3 Å². The summed E-state index contributed by atoms with van der Waals surface area (Å²) >= 11 is 6.16. The first kappa shape index (κ1) is 20.7. The SMILES string of the molecule is CCC(Oc1ccc(F)cc1)C(=O)N(Cc1c(F)cccc1Cl)c1ccccn1. The molecule has 1 atom stereocenters. The second-order valence-corrected chi connectivity index (χ2v) is 6.69. The molecular weight excluding hydrogens is 398 g/mol. The number of nitrogens with zero attached hydrogens (tertiary/aromatic N) is 2. The van der Waals surface area contributed by atoms with Crippen molar-refractivity contribution in [3.05, 3.63) is 89.1 Å². The van der Waals surface area contributed by atoms with Gasteiger partial charge in [-0.2, -0.15) is 0 Å². The third-order valence-electron chi connectivity index (χ3n) is 4.31. The molecule has 1 heterocycles. The molecule has 0 bridgehead atoms. The van der Waals surface area contributed by atoms with Crippen molar-refractivity contribution in [1.82, 2.24) is 4.98 Å². The van der Waals surface area contributed by atoms with Crippen LogP contribution in [0, 0.1) is 11.6 Å². The second kappa shape index (κ2) is 9.47. The van der Waals surface area contributed by atoms with Crippen molar-refractivity contribution in [2.75, 3.05) is 4.90 Å². The number of carbonyl (C=O) groups excluding carboxylic acids is 1. The lowest BCUT2D eigenvalue weighted by Gasteiger charge is -2.27. The third kappa shape index (κ3) is 5.09. The number of ether oxygens (including phenoxy) is 1. The molecule has 0 radical (unpaired) electrons. The Morgan fingerprint density at radius 1 is 1.10 bits per heavy atom. The van der Waals surface area contributed by atoms with Crippen molar-refractivity contribution in [1.29, 1.82) is 0 Å². The molecule has 0 N–H and O–H groups in total. The van der Waals surface area contributed by atoms with Gasteiger partial charge in [-0.1, -0.05) is 30.7 Å². The van der Waals surface area contributed by atoms with Gasteiger partial charge in [0, 0.05) is 16.8 Å². The number of benzene rings is 2. The van der Waals surface area contributed by atoms with Gasteiger partial charge in [0.1, 0.15) is 23.2 Å². The van der Waals surface area contributed by atoms with E-state index in [4.69, 9.17) is 16.3 Å². The summed E-state index contributed by atoms with van der Waals surface area (Å²) in [6.07, 6.45) is 1.03. The molecule has 7 heteroatoms. The third-order valence-corrected chi connectivity index (χ3v) is 4.66. The van der Waals surface area contributed by atoms with E-state index in [1.807, 2.05) is 0 Å². The molecule has 1 amide bonds. The molecule has 0 spiro atoms. The maximum atomic E-state index is 14.3. The molecule has 1 unspecified atom stereocenters. The Morgan fingerprint density at radius 2 is 1.86 bits per heavy atom. The van der Waals surface area contributed by atoms with E-state index < -0.39 is 23.6 Å². The zero-order valence-corrected chi connectivity index (χ0v) is 16.4. The van der Waals surface area contributed by atoms with E-state index >= 15 is 0 Å². The highest BCUT2D eigenvalue weighted by molar-refractivity contribution is 6.31. The van der Waals surface area contributed by atoms with Crippen LogP contribution < -0.4 is 9.64 Å². The van der Waals surface area contributed by atoms with Gasteiger partial charge in [0.05, 0.1) is 6.54 Å². The minimum Gasteiger partial charge on any atom is -0.481 e. The van der Waals surface area contributed by atoms with E-state index in [9.17, 15) is 13.6 Å². The quantitative estimate of drug-likeness (QED) is 0.517. The normalized spacial score (nSPS) is 11.7. The summed E-state index contributed by atoms with van der Waals surface area (Å²) in [5.41, 5.74) is 0.185. The Morgan fingerprint density at radius 3 is 2.48 bits per heavy atom. The van der Waals surface area contributed by atoms with Gasteiger partial charge in [-0.05, 0) is 55.0 Å². The largest absolute Gasteiger partial charge is 0.481 e. The summed E-state index contributed by atoms with van der Waals surface area (Å²) in [6.45, 7) is 1.68. The standard InChI is InChI=1S/C22H19ClF2N2O2/c1-2-20(29-16-11-9-15(24)10-12-16)22(28)27(21-8-3-4-13-26-21)14-17-18(23)6-5-7-19(17)25/h3-13,20H,2,14H2,1H3. The van der Waals surface area contributed by atoms with Crippen LogP contribution in [-0.4, -0.2) is 17.0 Å². The van der Waals surface area contributed by atoms with E-state index in [1.54, 1.807) is 37.4 Å². The fourth-order valence-electron chi connectivity index (χ4n) is 2.79. The molecule has 0 aliphatic rings. The number of anilines is 1. The molecule has 29 heavy (non-hydrogen) atoms. The summed E-state index contributed by atoms with van der Waals surface area (Å²) in [4.78, 5) is 18.9. The lowest BCUT2D eigenvalue weighted by atomic mass is 10.1. The van der Waals surface area contributed by atoms with Gasteiger partial charge in [-0.25, -0.2) is 13.8 Å². The number of hydrogen-bond donors (Lipinski definition) is 0. The fraction of sp³-hybridized carbons (Fsp3) is 0.182. The van der Waals surface area contributed by atoms with Crippen LogP contribution in [0.3, 0.4) is 0 Å². The summed E-state index contributed by atoms with van der Waals surface area (Å²) in [5, 5.41) is 0.214. The van der Waals surface area contributed by atoms with Gasteiger partial charge in [0.2, 0.25) is 0 Å². The lowest BCUT2D eigenvalue weighted by Crippen LogP contribution is -2.42. The monoisotopic (exact) mass is 416 g/mol. The smallest absolute Gasteiger partial charge is 0.269 e. The molecule has 150 valence electrons. The van der Waals surface area contributed by atoms with Crippen LogP contribution in [0.15, 0.2) is 66.9 Å². The molecule has 0 aliphatic carbocycles. The molecule has 3 aromatic rings. The topological polar surface area (TPSA) is 42.4 Å². The first-order chi connectivity index (χ1) is 14.0. The average Bonchev–Trinajstić information content (AvgIpc) is 2.73. The minimum atomic E-state index is -0.868. The van der Waals surface area contributed by atoms with E-state index in [0.29, 0.717) is 18.0 Å². The van der Waals surface area contributed by atoms with E-state index in [-0.39, 0.29) is 17.1 Å². The van der Waals surface area contributed by atoms with Crippen molar-refractivity contribution in [2.24, 2.45) is 0 Å². The zero-order chi connectivity index (χ0) is 20.8. The van der Waals surface area contributed by atoms with Crippen LogP contribution in [-0.2, 0) is 11.3 Å². The Hall–Kier alpha value is -2.99. The molecule has 0 aliphatic heterocycles. The van der Waals surface area contributed by atoms with Crippen molar-refractivity contribution in [2.45, 2.75) is 26.0 Å². The summed E-state index contributed by atoms with van der Waals surface area (Å²) in [7, 11) is 0. The Kier molecular flexibility index (Phi) is 6.77. The number of amides is 1. The number of carbonyl (C=O) groups is 1. The lowest BCUT2D eigenvalue weighted by molar-refractivity contribution is -0.125. The Balaban J connectivity index is 1.92. The highest BCUT2D eigenvalue weighted by atomic mass is 35.5. The van der Waals surface area contributed by atoms with Gasteiger partial charge in [0.15, 0.2) is 6.10 Å². The number of hydrogen-bond acceptors (Lipinski definition) is 3. The maximum absolute atomic E-state index is 14.3. The molecule has 2 aromatic carbocycles. The van der Waals surface area contributed by atoms with Gasteiger partial charge < -0.3 is 4.74 Å². The minimum absolute atomic E-state index is 0.107. The number of aromatic nitrogens is 1. The van der Waals surface area contributed by atoms with Crippen LogP contribution in [0.25, 0.3) is 0 Å². The van der Waals surface area contributed by atoms with Crippen molar-refractivity contribution in [3.63, 3.8) is 0 Å². The average molecular weight is 417 g/mol. The summed E-state index contributed by atoms with van der Waals surface area (Å²) < 4.78 is 33.3. The van der Waals surface area contributed by atoms with E-state index in [2.05, 4.69) is 4.98 Å². The second-order valence-electron chi connectivity index (χ2n) is 6.28. The first-order valence-electron chi connectivity index (χ1n) is 9.07. The Bertz CT molecular complexity index is 948. The van der Waals surface area contributed by atoms with Crippen LogP contribution in [0.1, 0.15) is 18.9 Å². The highest BCUT2D eigenvalue weighted by Gasteiger charge is 2.28. The number of halogens is 3. The maximum Gasteiger partial charge on any atom is 0.269 e. The van der Waals surface area contributed by atoms with Crippen LogP contribution in [0.5, 0.6) is 5.75 Å². The highest BCUT2D eigenvalue weighted by Crippen LogP contribution is 2.25. The van der Waals surface area contributed by atoms with Crippen molar-refractivity contribution >= 4 is 23.3 Å². The predicted octanol–water partition coefficient (Wildman–Crippen LogP) is 5.40. The van der Waals surface area contributed by atoms with Crippen molar-refractivity contribution < 1.29 is 18.3 Å².